The molecule has 0 aliphatic rings. The molecule has 3 nitrogen and oxygen atoms in total. The fraction of sp³-hybridized carbons (Fsp3) is 0.480. The third-order valence-corrected chi connectivity index (χ3v) is 5.10. The van der Waals surface area contributed by atoms with Crippen LogP contribution in [0.4, 0.5) is 4.39 Å². The molecule has 1 amide bonds. The minimum atomic E-state index is -0.273. The van der Waals surface area contributed by atoms with Crippen molar-refractivity contribution in [3.05, 3.63) is 65.5 Å². The van der Waals surface area contributed by atoms with Gasteiger partial charge >= 0.3 is 0 Å². The SMILES string of the molecule is CC[C@H](C[C@@H](C)c1ccc(F)cc1)N(CC)C(=O)c1ccc(OC(C)(C)C)cc1. The summed E-state index contributed by atoms with van der Waals surface area (Å²) in [6.07, 6.45) is 1.71. The van der Waals surface area contributed by atoms with E-state index in [0.717, 1.165) is 24.2 Å². The van der Waals surface area contributed by atoms with Crippen LogP contribution >= 0.6 is 0 Å². The van der Waals surface area contributed by atoms with Crippen LogP contribution in [0.3, 0.4) is 0 Å². The van der Waals surface area contributed by atoms with Crippen LogP contribution in [0.1, 0.15) is 76.2 Å². The number of halogens is 1. The highest BCUT2D eigenvalue weighted by Gasteiger charge is 2.24. The summed E-state index contributed by atoms with van der Waals surface area (Å²) >= 11 is 0. The molecule has 0 radical (unpaired) electrons. The van der Waals surface area contributed by atoms with E-state index < -0.39 is 0 Å². The second-order valence-electron chi connectivity index (χ2n) is 8.58. The van der Waals surface area contributed by atoms with Crippen LogP contribution in [0.25, 0.3) is 0 Å². The summed E-state index contributed by atoms with van der Waals surface area (Å²) < 4.78 is 19.1. The van der Waals surface area contributed by atoms with Crippen molar-refractivity contribution < 1.29 is 13.9 Å². The molecule has 0 N–H and O–H groups in total. The first-order valence-electron chi connectivity index (χ1n) is 10.5. The predicted molar refractivity (Wildman–Crippen MR) is 117 cm³/mol. The average molecular weight is 400 g/mol. The monoisotopic (exact) mass is 399 g/mol. The van der Waals surface area contributed by atoms with E-state index >= 15 is 0 Å². The lowest BCUT2D eigenvalue weighted by molar-refractivity contribution is 0.0669. The highest BCUT2D eigenvalue weighted by molar-refractivity contribution is 5.94. The normalized spacial score (nSPS) is 13.6. The number of nitrogens with zero attached hydrogens (tertiary/aromatic N) is 1. The fourth-order valence-electron chi connectivity index (χ4n) is 3.60. The van der Waals surface area contributed by atoms with E-state index in [9.17, 15) is 9.18 Å². The number of amides is 1. The molecule has 0 unspecified atom stereocenters. The Morgan fingerprint density at radius 3 is 2.10 bits per heavy atom. The van der Waals surface area contributed by atoms with Crippen LogP contribution in [-0.4, -0.2) is 29.0 Å². The van der Waals surface area contributed by atoms with Crippen molar-refractivity contribution in [2.75, 3.05) is 6.54 Å². The van der Waals surface area contributed by atoms with Gasteiger partial charge in [0.25, 0.3) is 5.91 Å². The largest absolute Gasteiger partial charge is 0.488 e. The van der Waals surface area contributed by atoms with E-state index in [1.54, 1.807) is 0 Å². The van der Waals surface area contributed by atoms with Crippen molar-refractivity contribution in [2.45, 2.75) is 71.9 Å². The Kier molecular flexibility index (Phi) is 7.83. The van der Waals surface area contributed by atoms with Gasteiger partial charge in [-0.2, -0.15) is 0 Å². The lowest BCUT2D eigenvalue weighted by Crippen LogP contribution is -2.40. The number of hydrogen-bond donors (Lipinski definition) is 0. The van der Waals surface area contributed by atoms with Crippen LogP contribution in [0, 0.1) is 5.82 Å². The smallest absolute Gasteiger partial charge is 0.254 e. The van der Waals surface area contributed by atoms with Crippen LogP contribution < -0.4 is 4.74 Å². The average Bonchev–Trinajstić information content (AvgIpc) is 2.67. The summed E-state index contributed by atoms with van der Waals surface area (Å²) in [7, 11) is 0. The molecule has 29 heavy (non-hydrogen) atoms. The lowest BCUT2D eigenvalue weighted by Gasteiger charge is -2.32. The molecular weight excluding hydrogens is 365 g/mol. The van der Waals surface area contributed by atoms with Crippen molar-refractivity contribution >= 4 is 5.91 Å². The highest BCUT2D eigenvalue weighted by atomic mass is 19.1. The van der Waals surface area contributed by atoms with Gasteiger partial charge in [-0.1, -0.05) is 26.0 Å². The summed E-state index contributed by atoms with van der Waals surface area (Å²) in [6.45, 7) is 12.9. The van der Waals surface area contributed by atoms with Crippen LogP contribution in [0.15, 0.2) is 48.5 Å². The maximum Gasteiger partial charge on any atom is 0.254 e. The van der Waals surface area contributed by atoms with Crippen LogP contribution in [0.5, 0.6) is 5.75 Å². The Labute approximate surface area is 174 Å². The van der Waals surface area contributed by atoms with Gasteiger partial charge in [0.2, 0.25) is 0 Å². The topological polar surface area (TPSA) is 29.5 Å². The quantitative estimate of drug-likeness (QED) is 0.511. The Balaban J connectivity index is 2.12. The van der Waals surface area contributed by atoms with Gasteiger partial charge in [0.05, 0.1) is 0 Å². The van der Waals surface area contributed by atoms with Gasteiger partial charge in [0.1, 0.15) is 17.2 Å². The molecule has 0 aliphatic carbocycles. The van der Waals surface area contributed by atoms with E-state index in [0.29, 0.717) is 12.1 Å². The van der Waals surface area contributed by atoms with E-state index in [2.05, 4.69) is 13.8 Å². The van der Waals surface area contributed by atoms with E-state index in [4.69, 9.17) is 4.74 Å². The summed E-state index contributed by atoms with van der Waals surface area (Å²) in [4.78, 5) is 15.1. The minimum absolute atomic E-state index is 0.0352. The lowest BCUT2D eigenvalue weighted by atomic mass is 9.91. The van der Waals surface area contributed by atoms with Crippen molar-refractivity contribution in [3.63, 3.8) is 0 Å². The summed E-state index contributed by atoms with van der Waals surface area (Å²) in [5.74, 6) is 0.809. The van der Waals surface area contributed by atoms with Gasteiger partial charge in [0, 0.05) is 18.2 Å². The van der Waals surface area contributed by atoms with Gasteiger partial charge < -0.3 is 9.64 Å². The zero-order valence-electron chi connectivity index (χ0n) is 18.5. The molecule has 0 aliphatic heterocycles. The molecule has 0 saturated carbocycles. The molecule has 2 rings (SSSR count). The molecule has 0 aromatic heterocycles. The molecule has 0 spiro atoms. The maximum absolute atomic E-state index is 13.2. The Hall–Kier alpha value is -2.36. The first-order chi connectivity index (χ1) is 13.6. The zero-order valence-corrected chi connectivity index (χ0v) is 18.5. The molecule has 0 heterocycles. The number of rotatable bonds is 8. The Morgan fingerprint density at radius 2 is 1.62 bits per heavy atom. The Bertz CT molecular complexity index is 778. The molecule has 0 fully saturated rings. The van der Waals surface area contributed by atoms with Crippen LogP contribution in [0.2, 0.25) is 0 Å². The van der Waals surface area contributed by atoms with Crippen molar-refractivity contribution in [3.8, 4) is 5.75 Å². The molecule has 158 valence electrons. The standard InChI is InChI=1S/C25H34FNO2/c1-7-22(17-18(3)19-9-13-21(26)14-10-19)27(8-2)24(28)20-11-15-23(16-12-20)29-25(4,5)6/h9-16,18,22H,7-8,17H2,1-6H3/t18-,22-/m1/s1. The van der Waals surface area contributed by atoms with E-state index in [1.165, 1.54) is 12.1 Å². The summed E-state index contributed by atoms with van der Waals surface area (Å²) in [5, 5.41) is 0. The number of carbonyl (C=O) groups excluding carboxylic acids is 1. The molecule has 2 atom stereocenters. The molecule has 0 bridgehead atoms. The minimum Gasteiger partial charge on any atom is -0.488 e. The zero-order chi connectivity index (χ0) is 21.6. The summed E-state index contributed by atoms with van der Waals surface area (Å²) in [5.41, 5.74) is 1.49. The van der Waals surface area contributed by atoms with E-state index in [1.807, 2.05) is 69.0 Å². The molecular formula is C25H34FNO2. The number of ether oxygens (including phenoxy) is 1. The molecule has 0 saturated heterocycles. The summed E-state index contributed by atoms with van der Waals surface area (Å²) in [6, 6.07) is 14.2. The second-order valence-corrected chi connectivity index (χ2v) is 8.58. The third-order valence-electron chi connectivity index (χ3n) is 5.10. The van der Waals surface area contributed by atoms with Crippen molar-refractivity contribution in [2.24, 2.45) is 0 Å². The number of hydrogen-bond acceptors (Lipinski definition) is 2. The Morgan fingerprint density at radius 1 is 1.03 bits per heavy atom. The molecule has 2 aromatic rings. The van der Waals surface area contributed by atoms with Crippen molar-refractivity contribution in [1.29, 1.82) is 0 Å². The van der Waals surface area contributed by atoms with Gasteiger partial charge in [0.15, 0.2) is 0 Å². The highest BCUT2D eigenvalue weighted by Crippen LogP contribution is 2.26. The number of benzene rings is 2. The van der Waals surface area contributed by atoms with Crippen molar-refractivity contribution in [1.82, 2.24) is 4.90 Å². The maximum atomic E-state index is 13.2. The van der Waals surface area contributed by atoms with Crippen LogP contribution in [-0.2, 0) is 0 Å². The first-order valence-corrected chi connectivity index (χ1v) is 10.5. The third kappa shape index (κ3) is 6.59. The second kappa shape index (κ2) is 9.91. The fourth-order valence-corrected chi connectivity index (χ4v) is 3.60. The van der Waals surface area contributed by atoms with Gasteiger partial charge in [-0.3, -0.25) is 4.79 Å². The first kappa shape index (κ1) is 22.9. The van der Waals surface area contributed by atoms with Gasteiger partial charge in [-0.25, -0.2) is 4.39 Å². The number of carbonyl (C=O) groups is 1. The van der Waals surface area contributed by atoms with Gasteiger partial charge in [-0.05, 0) is 88.4 Å². The predicted octanol–water partition coefficient (Wildman–Crippen LogP) is 6.44. The molecule has 4 heteroatoms. The van der Waals surface area contributed by atoms with E-state index in [-0.39, 0.29) is 29.3 Å². The molecule has 2 aromatic carbocycles. The van der Waals surface area contributed by atoms with Gasteiger partial charge in [-0.15, -0.1) is 0 Å².